The van der Waals surface area contributed by atoms with Gasteiger partial charge in [0.2, 0.25) is 11.9 Å². The molecule has 1 saturated heterocycles. The van der Waals surface area contributed by atoms with Gasteiger partial charge in [-0.1, -0.05) is 84.6 Å². The summed E-state index contributed by atoms with van der Waals surface area (Å²) in [6, 6.07) is 34.9. The highest BCUT2D eigenvalue weighted by Crippen LogP contribution is 2.43. The van der Waals surface area contributed by atoms with E-state index in [9.17, 15) is 19.7 Å². The van der Waals surface area contributed by atoms with Crippen LogP contribution in [0.2, 0.25) is 0 Å². The van der Waals surface area contributed by atoms with Gasteiger partial charge in [0.15, 0.2) is 5.17 Å². The maximum absolute atomic E-state index is 14.1. The minimum Gasteiger partial charge on any atom is -0.497 e. The number of hydrogen-bond acceptors (Lipinski definition) is 10. The van der Waals surface area contributed by atoms with Crippen molar-refractivity contribution in [3.05, 3.63) is 153 Å². The molecule has 1 fully saturated rings. The molecular formula is C42H45N5O6S. The number of amides is 1. The van der Waals surface area contributed by atoms with Crippen LogP contribution in [0.4, 0.5) is 5.69 Å². The number of piperidine rings is 1. The van der Waals surface area contributed by atoms with Crippen LogP contribution in [-0.4, -0.2) is 77.8 Å². The Hall–Kier alpha value is -5.46. The molecule has 54 heavy (non-hydrogen) atoms. The average molecular weight is 748 g/mol. The van der Waals surface area contributed by atoms with Crippen molar-refractivity contribution in [2.24, 2.45) is 4.99 Å². The monoisotopic (exact) mass is 747 g/mol. The fourth-order valence-electron chi connectivity index (χ4n) is 7.55. The van der Waals surface area contributed by atoms with Crippen LogP contribution < -0.4 is 4.74 Å². The second-order valence-electron chi connectivity index (χ2n) is 13.5. The SMILES string of the molecule is COC(=O)C1(c2ccc([N+](=O)[O-])cc2)C=C(C)N=C(SCc2ccc(OC)cc2)N1N(C=O)CCCN1CCC(c2ccccc2)(c2ccccc2)CC1. The van der Waals surface area contributed by atoms with E-state index in [0.717, 1.165) is 43.8 Å². The molecule has 6 rings (SSSR count). The summed E-state index contributed by atoms with van der Waals surface area (Å²) in [5.74, 6) is 0.553. The van der Waals surface area contributed by atoms with Crippen LogP contribution in [0.25, 0.3) is 0 Å². The fraction of sp³-hybridized carbons (Fsp3) is 0.310. The number of carbonyl (C=O) groups is 2. The van der Waals surface area contributed by atoms with E-state index in [1.165, 1.54) is 59.3 Å². The number of allylic oxidation sites excluding steroid dienone is 1. The highest BCUT2D eigenvalue weighted by molar-refractivity contribution is 8.13. The van der Waals surface area contributed by atoms with Crippen LogP contribution >= 0.6 is 11.8 Å². The zero-order chi connectivity index (χ0) is 38.1. The number of aliphatic imine (C=N–C) groups is 1. The third-order valence-corrected chi connectivity index (χ3v) is 11.3. The van der Waals surface area contributed by atoms with Crippen molar-refractivity contribution >= 4 is 35.0 Å². The zero-order valence-electron chi connectivity index (χ0n) is 30.8. The predicted molar refractivity (Wildman–Crippen MR) is 211 cm³/mol. The van der Waals surface area contributed by atoms with E-state index in [-0.39, 0.29) is 17.6 Å². The number of rotatable bonds is 14. The Bertz CT molecular complexity index is 1920. The molecule has 0 aliphatic carbocycles. The number of amidine groups is 1. The normalized spacial score (nSPS) is 18.2. The number of nitro benzene ring substituents is 1. The summed E-state index contributed by atoms with van der Waals surface area (Å²) in [4.78, 5) is 45.6. The number of hydrogen-bond donors (Lipinski definition) is 0. The molecule has 0 radical (unpaired) electrons. The van der Waals surface area contributed by atoms with Gasteiger partial charge in [0.25, 0.3) is 5.69 Å². The van der Waals surface area contributed by atoms with Gasteiger partial charge in [-0.15, -0.1) is 0 Å². The van der Waals surface area contributed by atoms with Crippen molar-refractivity contribution < 1.29 is 24.0 Å². The van der Waals surface area contributed by atoms with E-state index in [4.69, 9.17) is 14.5 Å². The Morgan fingerprint density at radius 3 is 2.06 bits per heavy atom. The van der Waals surface area contributed by atoms with E-state index in [0.29, 0.717) is 35.0 Å². The second-order valence-corrected chi connectivity index (χ2v) is 14.4. The smallest absolute Gasteiger partial charge is 0.342 e. The number of ether oxygens (including phenoxy) is 2. The van der Waals surface area contributed by atoms with Gasteiger partial charge >= 0.3 is 5.97 Å². The van der Waals surface area contributed by atoms with Gasteiger partial charge in [-0.3, -0.25) is 19.9 Å². The van der Waals surface area contributed by atoms with Crippen molar-refractivity contribution in [2.75, 3.05) is 40.4 Å². The maximum Gasteiger partial charge on any atom is 0.342 e. The molecular weight excluding hydrogens is 703 g/mol. The summed E-state index contributed by atoms with van der Waals surface area (Å²) in [5, 5.41) is 15.1. The predicted octanol–water partition coefficient (Wildman–Crippen LogP) is 7.33. The molecule has 0 spiro atoms. The average Bonchev–Trinajstić information content (AvgIpc) is 3.22. The van der Waals surface area contributed by atoms with Gasteiger partial charge in [0, 0.05) is 35.5 Å². The lowest BCUT2D eigenvalue weighted by Crippen LogP contribution is -2.61. The Morgan fingerprint density at radius 2 is 1.52 bits per heavy atom. The van der Waals surface area contributed by atoms with E-state index >= 15 is 0 Å². The van der Waals surface area contributed by atoms with E-state index in [2.05, 4.69) is 65.6 Å². The molecule has 0 saturated carbocycles. The van der Waals surface area contributed by atoms with Crippen LogP contribution in [0.1, 0.15) is 48.4 Å². The van der Waals surface area contributed by atoms with Crippen LogP contribution in [0, 0.1) is 10.1 Å². The summed E-state index contributed by atoms with van der Waals surface area (Å²) < 4.78 is 10.8. The molecule has 11 nitrogen and oxygen atoms in total. The summed E-state index contributed by atoms with van der Waals surface area (Å²) in [5.41, 5.74) is 2.69. The molecule has 4 aromatic rings. The number of hydrazine groups is 1. The maximum atomic E-state index is 14.1. The number of benzene rings is 4. The molecule has 2 aliphatic rings. The second kappa shape index (κ2) is 17.1. The summed E-state index contributed by atoms with van der Waals surface area (Å²) in [6.07, 6.45) is 4.91. The van der Waals surface area contributed by atoms with Gasteiger partial charge in [-0.2, -0.15) is 0 Å². The highest BCUT2D eigenvalue weighted by atomic mass is 32.2. The van der Waals surface area contributed by atoms with Gasteiger partial charge in [-0.25, -0.2) is 14.8 Å². The lowest BCUT2D eigenvalue weighted by atomic mass is 9.68. The number of methoxy groups -OCH3 is 2. The first-order valence-corrected chi connectivity index (χ1v) is 19.0. The first-order valence-electron chi connectivity index (χ1n) is 18.0. The Labute approximate surface area is 320 Å². The fourth-order valence-corrected chi connectivity index (χ4v) is 8.62. The number of thioether (sulfide) groups is 1. The number of nitro groups is 1. The first-order chi connectivity index (χ1) is 26.2. The zero-order valence-corrected chi connectivity index (χ0v) is 31.6. The number of esters is 1. The molecule has 0 N–H and O–H groups in total. The minimum absolute atomic E-state index is 0.0802. The van der Waals surface area contributed by atoms with Crippen molar-refractivity contribution in [3.8, 4) is 5.75 Å². The molecule has 280 valence electrons. The molecule has 0 bridgehead atoms. The molecule has 4 aromatic carbocycles. The highest BCUT2D eigenvalue weighted by Gasteiger charge is 2.52. The molecule has 1 unspecified atom stereocenters. The summed E-state index contributed by atoms with van der Waals surface area (Å²) in [6.45, 7) is 4.57. The van der Waals surface area contributed by atoms with Crippen LogP contribution in [0.3, 0.4) is 0 Å². The Balaban J connectivity index is 1.26. The molecule has 12 heteroatoms. The molecule has 0 aromatic heterocycles. The van der Waals surface area contributed by atoms with Gasteiger partial charge in [0.05, 0.1) is 19.1 Å². The number of likely N-dealkylation sites (tertiary alicyclic amines) is 1. The van der Waals surface area contributed by atoms with E-state index in [1.54, 1.807) is 25.1 Å². The topological polar surface area (TPSA) is 118 Å². The van der Waals surface area contributed by atoms with E-state index in [1.807, 2.05) is 24.3 Å². The Kier molecular flexibility index (Phi) is 12.1. The van der Waals surface area contributed by atoms with E-state index < -0.39 is 16.4 Å². The van der Waals surface area contributed by atoms with Crippen molar-refractivity contribution in [3.63, 3.8) is 0 Å². The molecule has 1 atom stereocenters. The van der Waals surface area contributed by atoms with Crippen LogP contribution in [0.15, 0.2) is 126 Å². The van der Waals surface area contributed by atoms with Crippen molar-refractivity contribution in [1.29, 1.82) is 0 Å². The van der Waals surface area contributed by atoms with Crippen molar-refractivity contribution in [2.45, 2.75) is 42.9 Å². The third-order valence-electron chi connectivity index (χ3n) is 10.3. The lowest BCUT2D eigenvalue weighted by molar-refractivity contribution is -0.384. The first kappa shape index (κ1) is 38.3. The number of carbonyl (C=O) groups excluding carboxylic acids is 2. The summed E-state index contributed by atoms with van der Waals surface area (Å²) in [7, 11) is 2.90. The molecule has 2 aliphatic heterocycles. The largest absolute Gasteiger partial charge is 0.497 e. The van der Waals surface area contributed by atoms with Crippen molar-refractivity contribution in [1.82, 2.24) is 14.9 Å². The van der Waals surface area contributed by atoms with Gasteiger partial charge < -0.3 is 14.4 Å². The van der Waals surface area contributed by atoms with Crippen LogP contribution in [-0.2, 0) is 31.0 Å². The molecule has 1 amide bonds. The quantitative estimate of drug-likeness (QED) is 0.0566. The molecule has 2 heterocycles. The number of nitrogens with zero attached hydrogens (tertiary/aromatic N) is 5. The number of non-ortho nitro benzene ring substituents is 1. The van der Waals surface area contributed by atoms with Crippen LogP contribution in [0.5, 0.6) is 5.75 Å². The summed E-state index contributed by atoms with van der Waals surface area (Å²) >= 11 is 1.38. The lowest BCUT2D eigenvalue weighted by Gasteiger charge is -2.47. The third kappa shape index (κ3) is 7.90. The standard InChI is InChI=1S/C42H45N5O6S/c1-32-29-42(39(49)53-3,36-17-19-37(20-18-36)47(50)51)46(40(43-32)54-30-33-15-21-38(52-2)22-16-33)45(31-48)26-10-25-44-27-23-41(24-28-44,34-11-6-4-7-12-34)35-13-8-5-9-14-35/h4-9,11-22,29,31H,10,23-28,30H2,1-3H3. The Morgan fingerprint density at radius 1 is 0.907 bits per heavy atom. The van der Waals surface area contributed by atoms with Gasteiger partial charge in [-0.05, 0) is 98.4 Å². The minimum atomic E-state index is -1.67. The van der Waals surface area contributed by atoms with Gasteiger partial charge in [0.1, 0.15) is 5.75 Å².